The molecule has 0 aliphatic carbocycles. The average Bonchev–Trinajstić information content (AvgIpc) is 4.01. The van der Waals surface area contributed by atoms with Crippen LogP contribution in [0.4, 0.5) is 5.69 Å². The molecule has 2 unspecified atom stereocenters. The summed E-state index contributed by atoms with van der Waals surface area (Å²) in [7, 11) is -1.47. The number of likely N-dealkylation sites (tertiary alicyclic amines) is 1. The first kappa shape index (κ1) is 66.0. The summed E-state index contributed by atoms with van der Waals surface area (Å²) in [4.78, 5) is 131. The van der Waals surface area contributed by atoms with E-state index < -0.39 is 73.4 Å². The molecule has 1 aromatic heterocycles. The zero-order valence-corrected chi connectivity index (χ0v) is 48.1. The van der Waals surface area contributed by atoms with E-state index in [0.29, 0.717) is 12.0 Å². The standard InChI is InChI=1S/C53H79N6O18PS/c1-9-34(4)39(29-44(61)42-12-10-11-18-57(42)7)52(66)58(8)43(33(2)3)30-46(76-36(6)60)51-56-41(31-79-51)50(65)54-38(26-35(5)53(67)68)27-37-13-14-45(77-78(69,70)71)40(28-37)55-47(62)17-19-72-20-21-73-22-23-74-24-25-75-32-59-48(63)15-16-49(59)64/h13-16,28,31,33-35,38-39,42-43,46H,9-12,17-27,29-30,32H2,1-8H3,(H,54,65)(H,55,62)(H,67,68)(H2,69,70,71)/t34-,35?,38+,39?,42+,43+,46+/m0/s1. The van der Waals surface area contributed by atoms with Gasteiger partial charge < -0.3 is 48.8 Å². The van der Waals surface area contributed by atoms with E-state index in [2.05, 4.69) is 20.5 Å². The molecule has 0 bridgehead atoms. The van der Waals surface area contributed by atoms with Crippen molar-refractivity contribution in [3.8, 4) is 5.75 Å². The molecule has 2 aliphatic heterocycles. The van der Waals surface area contributed by atoms with E-state index in [-0.39, 0.29) is 137 Å². The lowest BCUT2D eigenvalue weighted by molar-refractivity contribution is -0.150. The number of phosphoric ester groups is 1. The molecule has 2 aromatic rings. The molecule has 1 saturated heterocycles. The van der Waals surface area contributed by atoms with E-state index in [1.165, 1.54) is 37.4 Å². The van der Waals surface area contributed by atoms with Crippen LogP contribution in [0.25, 0.3) is 0 Å². The van der Waals surface area contributed by atoms with Crippen molar-refractivity contribution in [2.45, 2.75) is 124 Å². The van der Waals surface area contributed by atoms with Gasteiger partial charge in [0.1, 0.15) is 17.4 Å². The van der Waals surface area contributed by atoms with Gasteiger partial charge in [0.2, 0.25) is 11.8 Å². The van der Waals surface area contributed by atoms with Crippen molar-refractivity contribution in [2.75, 3.05) is 78.9 Å². The fourth-order valence-electron chi connectivity index (χ4n) is 9.14. The third kappa shape index (κ3) is 22.2. The van der Waals surface area contributed by atoms with Crippen molar-refractivity contribution in [1.29, 1.82) is 0 Å². The topological polar surface area (TPSA) is 316 Å². The van der Waals surface area contributed by atoms with Gasteiger partial charge in [-0.15, -0.1) is 11.3 Å². The number of imide groups is 1. The Kier molecular flexibility index (Phi) is 27.3. The second-order valence-corrected chi connectivity index (χ2v) is 22.2. The minimum absolute atomic E-state index is 0.0184. The van der Waals surface area contributed by atoms with E-state index in [1.54, 1.807) is 11.9 Å². The molecule has 26 heteroatoms. The lowest BCUT2D eigenvalue weighted by Gasteiger charge is -2.37. The van der Waals surface area contributed by atoms with Crippen molar-refractivity contribution in [2.24, 2.45) is 23.7 Å². The van der Waals surface area contributed by atoms with Crippen molar-refractivity contribution < 1.29 is 86.0 Å². The minimum atomic E-state index is -5.11. The fourth-order valence-corrected chi connectivity index (χ4v) is 10.4. The number of nitrogens with zero attached hydrogens (tertiary/aromatic N) is 4. The van der Waals surface area contributed by atoms with Gasteiger partial charge in [-0.3, -0.25) is 57.9 Å². The second kappa shape index (κ2) is 32.7. The number of carbonyl (C=O) groups is 8. The number of Topliss-reactive ketones (excluding diaryl/α,β-unsaturated/α-hetero) is 1. The molecule has 4 rings (SSSR count). The van der Waals surface area contributed by atoms with Crippen molar-refractivity contribution in [3.63, 3.8) is 0 Å². The summed E-state index contributed by atoms with van der Waals surface area (Å²) in [6.45, 7) is 12.3. The number of likely N-dealkylation sites (N-methyl/N-ethyl adjacent to an activating group) is 1. The number of carboxylic acids is 1. The number of piperidine rings is 1. The molecule has 1 fully saturated rings. The number of ketones is 1. The van der Waals surface area contributed by atoms with E-state index >= 15 is 0 Å². The predicted molar refractivity (Wildman–Crippen MR) is 288 cm³/mol. The zero-order chi connectivity index (χ0) is 58.4. The summed E-state index contributed by atoms with van der Waals surface area (Å²) in [5.41, 5.74) is 0.252. The fraction of sp³-hybridized carbons (Fsp3) is 0.642. The number of thiazole rings is 1. The quantitative estimate of drug-likeness (QED) is 0.0261. The van der Waals surface area contributed by atoms with E-state index in [0.717, 1.165) is 54.2 Å². The average molecular weight is 1150 g/mol. The highest BCUT2D eigenvalue weighted by Gasteiger charge is 2.38. The third-order valence-electron chi connectivity index (χ3n) is 13.7. The Bertz CT molecular complexity index is 2450. The van der Waals surface area contributed by atoms with Crippen LogP contribution in [0.2, 0.25) is 0 Å². The van der Waals surface area contributed by atoms with Crippen LogP contribution < -0.4 is 15.2 Å². The number of nitrogens with one attached hydrogen (secondary N) is 2. The largest absolute Gasteiger partial charge is 0.524 e. The highest BCUT2D eigenvalue weighted by molar-refractivity contribution is 7.46. The van der Waals surface area contributed by atoms with Gasteiger partial charge in [-0.1, -0.05) is 53.5 Å². The number of anilines is 1. The summed E-state index contributed by atoms with van der Waals surface area (Å²) in [6.07, 6.45) is 4.76. The molecule has 0 spiro atoms. The lowest BCUT2D eigenvalue weighted by Crippen LogP contribution is -2.48. The third-order valence-corrected chi connectivity index (χ3v) is 15.1. The molecular formula is C53H79N6O18PS. The summed E-state index contributed by atoms with van der Waals surface area (Å²) < 4.78 is 44.2. The molecule has 5 N–H and O–H groups in total. The summed E-state index contributed by atoms with van der Waals surface area (Å²) in [6, 6.07) is 2.49. The predicted octanol–water partition coefficient (Wildman–Crippen LogP) is 4.93. The first-order chi connectivity index (χ1) is 37.4. The van der Waals surface area contributed by atoms with E-state index in [1.807, 2.05) is 34.7 Å². The molecule has 7 atom stereocenters. The maximum absolute atomic E-state index is 14.4. The van der Waals surface area contributed by atoms with Crippen molar-refractivity contribution in [3.05, 3.63) is 52.0 Å². The molecule has 440 valence electrons. The van der Waals surface area contributed by atoms with E-state index in [9.17, 15) is 57.8 Å². The van der Waals surface area contributed by atoms with Gasteiger partial charge in [0, 0.05) is 62.3 Å². The van der Waals surface area contributed by atoms with Gasteiger partial charge in [-0.25, -0.2) is 9.55 Å². The Hall–Kier alpha value is -5.50. The van der Waals surface area contributed by atoms with Crippen LogP contribution in [0.15, 0.2) is 35.7 Å². The monoisotopic (exact) mass is 1150 g/mol. The summed E-state index contributed by atoms with van der Waals surface area (Å²) >= 11 is 1.07. The van der Waals surface area contributed by atoms with Crippen LogP contribution in [0.1, 0.15) is 120 Å². The van der Waals surface area contributed by atoms with Crippen LogP contribution in [0.5, 0.6) is 5.75 Å². The highest BCUT2D eigenvalue weighted by atomic mass is 32.1. The summed E-state index contributed by atoms with van der Waals surface area (Å²) in [5, 5.41) is 17.1. The Morgan fingerprint density at radius 1 is 0.911 bits per heavy atom. The van der Waals surface area contributed by atoms with Gasteiger partial charge in [-0.2, -0.15) is 0 Å². The minimum Gasteiger partial charge on any atom is -0.481 e. The van der Waals surface area contributed by atoms with Crippen molar-refractivity contribution in [1.82, 2.24) is 25.0 Å². The first-order valence-corrected chi connectivity index (χ1v) is 29.0. The number of hydrogen-bond donors (Lipinski definition) is 5. The number of aromatic nitrogens is 1. The van der Waals surface area contributed by atoms with E-state index in [4.69, 9.17) is 28.2 Å². The normalized spacial score (nSPS) is 17.2. The molecule has 5 amide bonds. The molecule has 2 aliphatic rings. The number of carboxylic acid groups (broad SMARTS) is 1. The van der Waals surface area contributed by atoms with Crippen LogP contribution in [0, 0.1) is 23.7 Å². The SMILES string of the molecule is CC[C@H](C)C(CC(=O)[C@H]1CCCCN1C)C(=O)N(C)[C@H](C[C@@H](OC(C)=O)c1nc(C(=O)N[C@@H](Cc2ccc(OP(=O)(O)O)c(NC(=O)CCOCCOCCOCCOCN3C(=O)C=CC3=O)c2)CC(C)C(=O)O)cs1)C(C)C. The Labute approximate surface area is 465 Å². The number of aliphatic carboxylic acids is 1. The number of benzene rings is 1. The number of ether oxygens (including phenoxy) is 5. The van der Waals surface area contributed by atoms with Gasteiger partial charge in [0.15, 0.2) is 17.6 Å². The molecule has 79 heavy (non-hydrogen) atoms. The first-order valence-electron chi connectivity index (χ1n) is 26.6. The Morgan fingerprint density at radius 3 is 2.13 bits per heavy atom. The van der Waals surface area contributed by atoms with Crippen LogP contribution in [-0.2, 0) is 68.2 Å². The Morgan fingerprint density at radius 2 is 1.54 bits per heavy atom. The molecular weight excluding hydrogens is 1070 g/mol. The summed E-state index contributed by atoms with van der Waals surface area (Å²) in [5.74, 6) is -6.12. The molecule has 0 radical (unpaired) electrons. The number of esters is 1. The molecule has 1 aromatic carbocycles. The number of rotatable bonds is 36. The van der Waals surface area contributed by atoms with Gasteiger partial charge in [0.25, 0.3) is 17.7 Å². The van der Waals surface area contributed by atoms with Gasteiger partial charge >= 0.3 is 19.8 Å². The van der Waals surface area contributed by atoms with Crippen LogP contribution >= 0.6 is 19.2 Å². The van der Waals surface area contributed by atoms with Crippen LogP contribution in [0.3, 0.4) is 0 Å². The number of phosphoric acid groups is 1. The second-order valence-electron chi connectivity index (χ2n) is 20.2. The lowest BCUT2D eigenvalue weighted by atomic mass is 9.83. The number of hydrogen-bond acceptors (Lipinski definition) is 18. The molecule has 3 heterocycles. The number of amides is 5. The van der Waals surface area contributed by atoms with Gasteiger partial charge in [0.05, 0.1) is 70.3 Å². The van der Waals surface area contributed by atoms with Crippen LogP contribution in [-0.4, -0.2) is 174 Å². The van der Waals surface area contributed by atoms with Gasteiger partial charge in [-0.05, 0) is 68.8 Å². The molecule has 0 saturated carbocycles. The number of carbonyl (C=O) groups excluding carboxylic acids is 7. The maximum Gasteiger partial charge on any atom is 0.524 e. The maximum atomic E-state index is 14.4. The van der Waals surface area contributed by atoms with Crippen molar-refractivity contribution >= 4 is 72.1 Å². The zero-order valence-electron chi connectivity index (χ0n) is 46.4. The highest BCUT2D eigenvalue weighted by Crippen LogP contribution is 2.42. The smallest absolute Gasteiger partial charge is 0.481 e. The Balaban J connectivity index is 1.38. The molecule has 24 nitrogen and oxygen atoms in total.